The number of benzene rings is 1. The summed E-state index contributed by atoms with van der Waals surface area (Å²) in [7, 11) is 0. The number of nitrogens with one attached hydrogen (secondary N) is 1. The van der Waals surface area contributed by atoms with Gasteiger partial charge in [-0.3, -0.25) is 9.59 Å². The average molecular weight is 361 g/mol. The van der Waals surface area contributed by atoms with Crippen LogP contribution in [0.5, 0.6) is 5.75 Å². The van der Waals surface area contributed by atoms with E-state index in [4.69, 9.17) is 10.5 Å². The van der Waals surface area contributed by atoms with Gasteiger partial charge in [-0.1, -0.05) is 6.07 Å². The molecule has 7 heteroatoms. The number of amides is 2. The van der Waals surface area contributed by atoms with E-state index in [1.165, 1.54) is 4.90 Å². The largest absolute Gasteiger partial charge is 0.490 e. The Morgan fingerprint density at radius 1 is 1.38 bits per heavy atom. The molecule has 2 rings (SSSR count). The molecule has 1 fully saturated rings. The molecule has 0 saturated carbocycles. The summed E-state index contributed by atoms with van der Waals surface area (Å²) in [4.78, 5) is 35.2. The Hall–Kier alpha value is -2.41. The predicted octanol–water partition coefficient (Wildman–Crippen LogP) is 0.917. The molecule has 1 heterocycles. The van der Waals surface area contributed by atoms with E-state index in [1.54, 1.807) is 0 Å². The second-order valence-electron chi connectivity index (χ2n) is 6.60. The summed E-state index contributed by atoms with van der Waals surface area (Å²) in [5.41, 5.74) is 7.30. The van der Waals surface area contributed by atoms with Crippen molar-refractivity contribution < 1.29 is 19.1 Å². The quantitative estimate of drug-likeness (QED) is 0.603. The van der Waals surface area contributed by atoms with Gasteiger partial charge in [0.05, 0.1) is 0 Å². The van der Waals surface area contributed by atoms with Gasteiger partial charge in [-0.15, -0.1) is 0 Å². The topological polar surface area (TPSA) is 102 Å². The first-order valence-electron chi connectivity index (χ1n) is 8.96. The molecule has 0 bridgehead atoms. The van der Waals surface area contributed by atoms with Crippen molar-refractivity contribution in [3.63, 3.8) is 0 Å². The maximum absolute atomic E-state index is 11.7. The van der Waals surface area contributed by atoms with Gasteiger partial charge in [0, 0.05) is 13.0 Å². The molecular formula is C19H27N3O4. The molecule has 1 unspecified atom stereocenters. The number of primary amides is 1. The maximum Gasteiger partial charge on any atom is 0.240 e. The molecule has 1 aliphatic heterocycles. The highest BCUT2D eigenvalue weighted by Crippen LogP contribution is 2.23. The molecule has 0 radical (unpaired) electrons. The molecule has 1 aliphatic rings. The van der Waals surface area contributed by atoms with E-state index in [2.05, 4.69) is 5.32 Å². The molecule has 0 aromatic heterocycles. The molecular weight excluding hydrogens is 334 g/mol. The van der Waals surface area contributed by atoms with E-state index in [0.29, 0.717) is 6.41 Å². The number of piperidine rings is 1. The van der Waals surface area contributed by atoms with Crippen LogP contribution >= 0.6 is 0 Å². The zero-order valence-corrected chi connectivity index (χ0v) is 15.1. The van der Waals surface area contributed by atoms with E-state index >= 15 is 0 Å². The third-order valence-electron chi connectivity index (χ3n) is 4.68. The van der Waals surface area contributed by atoms with E-state index in [1.807, 2.05) is 25.1 Å². The minimum absolute atomic E-state index is 0.176. The highest BCUT2D eigenvalue weighted by Gasteiger charge is 2.23. The molecule has 1 atom stereocenters. The lowest BCUT2D eigenvalue weighted by Crippen LogP contribution is -2.43. The van der Waals surface area contributed by atoms with Gasteiger partial charge < -0.3 is 25.5 Å². The number of hydrogen-bond donors (Lipinski definition) is 2. The van der Waals surface area contributed by atoms with Crippen LogP contribution in [0.3, 0.4) is 0 Å². The number of carbonyl (C=O) groups is 3. The molecule has 1 saturated heterocycles. The molecule has 1 aromatic carbocycles. The summed E-state index contributed by atoms with van der Waals surface area (Å²) in [6.45, 7) is 4.07. The molecule has 2 amide bonds. The fourth-order valence-corrected chi connectivity index (χ4v) is 3.11. The molecule has 3 N–H and O–H groups in total. The standard InChI is InChI=1S/C19H27N3O4/c1-14-4-5-17(26-16-6-8-21-9-7-16)11-15(14)12-22(13-24)18(19(20)25)3-2-10-23/h4-5,10-11,13,16,18,21H,2-3,6-9,12H2,1H3,(H2,20,25). The molecule has 0 spiro atoms. The number of rotatable bonds is 10. The summed E-state index contributed by atoms with van der Waals surface area (Å²) >= 11 is 0. The Bertz CT molecular complexity index is 629. The van der Waals surface area contributed by atoms with Crippen LogP contribution in [-0.2, 0) is 20.9 Å². The Morgan fingerprint density at radius 2 is 2.12 bits per heavy atom. The third-order valence-corrected chi connectivity index (χ3v) is 4.68. The van der Waals surface area contributed by atoms with Crippen molar-refractivity contribution in [2.24, 2.45) is 5.73 Å². The number of carbonyl (C=O) groups excluding carboxylic acids is 3. The fourth-order valence-electron chi connectivity index (χ4n) is 3.11. The van der Waals surface area contributed by atoms with Crippen LogP contribution in [0.15, 0.2) is 18.2 Å². The smallest absolute Gasteiger partial charge is 0.240 e. The molecule has 26 heavy (non-hydrogen) atoms. The second kappa shape index (κ2) is 9.91. The highest BCUT2D eigenvalue weighted by molar-refractivity contribution is 5.82. The minimum atomic E-state index is -0.800. The van der Waals surface area contributed by atoms with E-state index in [-0.39, 0.29) is 25.5 Å². The Labute approximate surface area is 153 Å². The predicted molar refractivity (Wildman–Crippen MR) is 97.6 cm³/mol. The Kier molecular flexibility index (Phi) is 7.59. The highest BCUT2D eigenvalue weighted by atomic mass is 16.5. The Balaban J connectivity index is 2.11. The van der Waals surface area contributed by atoms with Crippen LogP contribution in [0.1, 0.15) is 36.8 Å². The SMILES string of the molecule is Cc1ccc(OC2CCNCC2)cc1CN(C=O)C(CCC=O)C(N)=O. The maximum atomic E-state index is 11.7. The number of aldehydes is 1. The summed E-state index contributed by atoms with van der Waals surface area (Å²) in [5.74, 6) is 0.144. The fraction of sp³-hybridized carbons (Fsp3) is 0.526. The van der Waals surface area contributed by atoms with Gasteiger partial charge in [-0.25, -0.2) is 0 Å². The zero-order chi connectivity index (χ0) is 18.9. The van der Waals surface area contributed by atoms with E-state index in [9.17, 15) is 14.4 Å². The van der Waals surface area contributed by atoms with Gasteiger partial charge in [0.15, 0.2) is 0 Å². The van der Waals surface area contributed by atoms with Gasteiger partial charge in [-0.05, 0) is 62.5 Å². The number of nitrogens with two attached hydrogens (primary N) is 1. The summed E-state index contributed by atoms with van der Waals surface area (Å²) in [6, 6.07) is 4.97. The summed E-state index contributed by atoms with van der Waals surface area (Å²) in [6.07, 6.45) is 3.83. The van der Waals surface area contributed by atoms with Crippen molar-refractivity contribution in [1.82, 2.24) is 10.2 Å². The monoisotopic (exact) mass is 361 g/mol. The van der Waals surface area contributed by atoms with Gasteiger partial charge >= 0.3 is 0 Å². The lowest BCUT2D eigenvalue weighted by molar-refractivity contribution is -0.132. The number of aryl methyl sites for hydroxylation is 1. The van der Waals surface area contributed by atoms with E-state index < -0.39 is 11.9 Å². The van der Waals surface area contributed by atoms with Crippen molar-refractivity contribution in [3.8, 4) is 5.75 Å². The third kappa shape index (κ3) is 5.56. The van der Waals surface area contributed by atoms with Crippen LogP contribution < -0.4 is 15.8 Å². The van der Waals surface area contributed by atoms with Crippen molar-refractivity contribution in [2.45, 2.75) is 51.3 Å². The first kappa shape index (κ1) is 19.9. The van der Waals surface area contributed by atoms with Gasteiger partial charge in [0.25, 0.3) is 0 Å². The number of hydrogen-bond acceptors (Lipinski definition) is 5. The number of nitrogens with zero attached hydrogens (tertiary/aromatic N) is 1. The Morgan fingerprint density at radius 3 is 2.73 bits per heavy atom. The van der Waals surface area contributed by atoms with Crippen LogP contribution in [0.4, 0.5) is 0 Å². The van der Waals surface area contributed by atoms with Crippen molar-refractivity contribution in [2.75, 3.05) is 13.1 Å². The summed E-state index contributed by atoms with van der Waals surface area (Å²) < 4.78 is 6.05. The van der Waals surface area contributed by atoms with Crippen LogP contribution in [0.25, 0.3) is 0 Å². The van der Waals surface area contributed by atoms with Crippen molar-refractivity contribution in [1.29, 1.82) is 0 Å². The molecule has 142 valence electrons. The van der Waals surface area contributed by atoms with Gasteiger partial charge in [-0.2, -0.15) is 0 Å². The average Bonchev–Trinajstić information content (AvgIpc) is 2.64. The van der Waals surface area contributed by atoms with Crippen molar-refractivity contribution in [3.05, 3.63) is 29.3 Å². The molecule has 7 nitrogen and oxygen atoms in total. The van der Waals surface area contributed by atoms with Gasteiger partial charge in [0.1, 0.15) is 24.2 Å². The van der Waals surface area contributed by atoms with Gasteiger partial charge in [0.2, 0.25) is 12.3 Å². The van der Waals surface area contributed by atoms with Crippen molar-refractivity contribution >= 4 is 18.6 Å². The molecule has 0 aliphatic carbocycles. The summed E-state index contributed by atoms with van der Waals surface area (Å²) in [5, 5.41) is 3.30. The van der Waals surface area contributed by atoms with Crippen LogP contribution in [0, 0.1) is 6.92 Å². The lowest BCUT2D eigenvalue weighted by Gasteiger charge is -2.27. The first-order chi connectivity index (χ1) is 12.5. The number of ether oxygens (including phenoxy) is 1. The zero-order valence-electron chi connectivity index (χ0n) is 15.1. The first-order valence-corrected chi connectivity index (χ1v) is 8.96. The lowest BCUT2D eigenvalue weighted by atomic mass is 10.0. The van der Waals surface area contributed by atoms with Crippen LogP contribution in [-0.4, -0.2) is 48.7 Å². The van der Waals surface area contributed by atoms with Crippen LogP contribution in [0.2, 0.25) is 0 Å². The molecule has 1 aromatic rings. The second-order valence-corrected chi connectivity index (χ2v) is 6.60. The normalized spacial score (nSPS) is 15.9. The van der Waals surface area contributed by atoms with E-state index in [0.717, 1.165) is 49.1 Å². The minimum Gasteiger partial charge on any atom is -0.490 e.